The molecule has 1 amide bonds. The lowest BCUT2D eigenvalue weighted by atomic mass is 9.95. The Morgan fingerprint density at radius 2 is 1.92 bits per heavy atom. The van der Waals surface area contributed by atoms with E-state index in [2.05, 4.69) is 23.9 Å². The highest BCUT2D eigenvalue weighted by Gasteiger charge is 2.32. The van der Waals surface area contributed by atoms with Gasteiger partial charge in [0.05, 0.1) is 30.7 Å². The minimum absolute atomic E-state index is 0.0564. The molecule has 0 N–H and O–H groups in total. The van der Waals surface area contributed by atoms with Crippen LogP contribution in [0.15, 0.2) is 12.3 Å². The zero-order chi connectivity index (χ0) is 18.3. The van der Waals surface area contributed by atoms with Gasteiger partial charge in [-0.15, -0.1) is 0 Å². The molecule has 4 rings (SSSR count). The molecule has 0 unspecified atom stereocenters. The van der Waals surface area contributed by atoms with E-state index in [1.165, 1.54) is 0 Å². The van der Waals surface area contributed by atoms with E-state index in [4.69, 9.17) is 9.47 Å². The third-order valence-corrected chi connectivity index (χ3v) is 5.34. The van der Waals surface area contributed by atoms with E-state index in [1.807, 2.05) is 22.6 Å². The number of ether oxygens (including phenoxy) is 2. The number of fused-ring (bicyclic) bond motifs is 1. The first-order valence-corrected chi connectivity index (χ1v) is 9.42. The molecule has 0 spiro atoms. The number of likely N-dealkylation sites (tertiary alicyclic amines) is 1. The number of carbonyl (C=O) groups is 1. The molecule has 26 heavy (non-hydrogen) atoms. The van der Waals surface area contributed by atoms with Crippen molar-refractivity contribution in [3.63, 3.8) is 0 Å². The molecule has 140 valence electrons. The van der Waals surface area contributed by atoms with Crippen molar-refractivity contribution < 1.29 is 14.3 Å². The molecule has 0 bridgehead atoms. The first-order valence-electron chi connectivity index (χ1n) is 9.42. The summed E-state index contributed by atoms with van der Waals surface area (Å²) in [7, 11) is 0. The summed E-state index contributed by atoms with van der Waals surface area (Å²) in [5.41, 5.74) is 2.27. The molecule has 4 heterocycles. The predicted octanol–water partition coefficient (Wildman–Crippen LogP) is 2.55. The number of carbonyl (C=O) groups excluding carboxylic acids is 1. The Labute approximate surface area is 153 Å². The van der Waals surface area contributed by atoms with Gasteiger partial charge in [0.2, 0.25) is 0 Å². The minimum Gasteiger partial charge on any atom is -0.350 e. The van der Waals surface area contributed by atoms with Gasteiger partial charge < -0.3 is 14.4 Å². The van der Waals surface area contributed by atoms with Crippen molar-refractivity contribution in [3.05, 3.63) is 23.5 Å². The number of rotatable bonds is 3. The fraction of sp³-hybridized carbons (Fsp3) is 0.632. The topological polar surface area (TPSA) is 69.5 Å². The summed E-state index contributed by atoms with van der Waals surface area (Å²) >= 11 is 0. The van der Waals surface area contributed by atoms with Gasteiger partial charge in [0.25, 0.3) is 5.91 Å². The Morgan fingerprint density at radius 1 is 1.23 bits per heavy atom. The standard InChI is InChI=1S/C19H26N4O3/c1-12(2)23-17-15(11-20-23)10-16(13(3)21-17)18(24)22-6-4-14(5-7-22)19-25-8-9-26-19/h10-12,14,19H,4-9H2,1-3H3. The molecule has 2 aromatic rings. The Balaban J connectivity index is 1.50. The summed E-state index contributed by atoms with van der Waals surface area (Å²) in [6.45, 7) is 8.87. The van der Waals surface area contributed by atoms with Crippen LogP contribution in [0.2, 0.25) is 0 Å². The maximum atomic E-state index is 13.0. The lowest BCUT2D eigenvalue weighted by Gasteiger charge is -2.34. The summed E-state index contributed by atoms with van der Waals surface area (Å²) in [4.78, 5) is 19.6. The number of pyridine rings is 1. The lowest BCUT2D eigenvalue weighted by molar-refractivity contribution is -0.0956. The molecule has 0 atom stereocenters. The molecule has 2 saturated heterocycles. The van der Waals surface area contributed by atoms with E-state index >= 15 is 0 Å². The van der Waals surface area contributed by atoms with Gasteiger partial charge in [0, 0.05) is 30.4 Å². The minimum atomic E-state index is -0.0890. The molecule has 0 aliphatic carbocycles. The second-order valence-corrected chi connectivity index (χ2v) is 7.46. The van der Waals surface area contributed by atoms with Gasteiger partial charge in [-0.05, 0) is 39.7 Å². The van der Waals surface area contributed by atoms with Gasteiger partial charge in [-0.25, -0.2) is 9.67 Å². The van der Waals surface area contributed by atoms with Crippen LogP contribution in [0.25, 0.3) is 11.0 Å². The monoisotopic (exact) mass is 358 g/mol. The van der Waals surface area contributed by atoms with Gasteiger partial charge in [-0.1, -0.05) is 0 Å². The highest BCUT2D eigenvalue weighted by Crippen LogP contribution is 2.27. The Kier molecular flexibility index (Phi) is 4.67. The van der Waals surface area contributed by atoms with Crippen LogP contribution in [0.4, 0.5) is 0 Å². The number of piperidine rings is 1. The van der Waals surface area contributed by atoms with Crippen LogP contribution in [0.3, 0.4) is 0 Å². The van der Waals surface area contributed by atoms with Crippen LogP contribution in [-0.4, -0.2) is 58.2 Å². The van der Waals surface area contributed by atoms with E-state index in [0.29, 0.717) is 24.7 Å². The van der Waals surface area contributed by atoms with Crippen molar-refractivity contribution in [2.24, 2.45) is 5.92 Å². The van der Waals surface area contributed by atoms with E-state index in [1.54, 1.807) is 6.20 Å². The summed E-state index contributed by atoms with van der Waals surface area (Å²) in [5.74, 6) is 0.438. The normalized spacial score (nSPS) is 19.8. The van der Waals surface area contributed by atoms with E-state index in [-0.39, 0.29) is 18.2 Å². The molecule has 0 radical (unpaired) electrons. The number of hydrogen-bond acceptors (Lipinski definition) is 5. The van der Waals surface area contributed by atoms with E-state index in [0.717, 1.165) is 42.7 Å². The summed E-state index contributed by atoms with van der Waals surface area (Å²) in [6.07, 6.45) is 3.53. The van der Waals surface area contributed by atoms with E-state index in [9.17, 15) is 4.79 Å². The largest absolute Gasteiger partial charge is 0.350 e. The van der Waals surface area contributed by atoms with Crippen molar-refractivity contribution in [1.82, 2.24) is 19.7 Å². The predicted molar refractivity (Wildman–Crippen MR) is 97.0 cm³/mol. The summed E-state index contributed by atoms with van der Waals surface area (Å²) in [6, 6.07) is 2.17. The second kappa shape index (κ2) is 6.96. The highest BCUT2D eigenvalue weighted by atomic mass is 16.7. The quantitative estimate of drug-likeness (QED) is 0.843. The van der Waals surface area contributed by atoms with Crippen LogP contribution in [-0.2, 0) is 9.47 Å². The molecule has 2 aliphatic rings. The molecular weight excluding hydrogens is 332 g/mol. The van der Waals surface area contributed by atoms with Gasteiger partial charge in [0.15, 0.2) is 11.9 Å². The Morgan fingerprint density at radius 3 is 2.58 bits per heavy atom. The summed E-state index contributed by atoms with van der Waals surface area (Å²) < 4.78 is 13.1. The third kappa shape index (κ3) is 3.10. The van der Waals surface area contributed by atoms with E-state index < -0.39 is 0 Å². The second-order valence-electron chi connectivity index (χ2n) is 7.46. The van der Waals surface area contributed by atoms with Crippen molar-refractivity contribution in [2.75, 3.05) is 26.3 Å². The highest BCUT2D eigenvalue weighted by molar-refractivity contribution is 5.98. The maximum absolute atomic E-state index is 13.0. The lowest BCUT2D eigenvalue weighted by Crippen LogP contribution is -2.41. The summed E-state index contributed by atoms with van der Waals surface area (Å²) in [5, 5.41) is 5.32. The Hall–Kier alpha value is -1.99. The van der Waals surface area contributed by atoms with Crippen LogP contribution in [0, 0.1) is 12.8 Å². The molecule has 0 saturated carbocycles. The maximum Gasteiger partial charge on any atom is 0.255 e. The van der Waals surface area contributed by atoms with Gasteiger partial charge in [0.1, 0.15) is 0 Å². The van der Waals surface area contributed by atoms with Crippen molar-refractivity contribution >= 4 is 16.9 Å². The fourth-order valence-electron chi connectivity index (χ4n) is 3.85. The molecule has 0 aromatic carbocycles. The number of nitrogens with zero attached hydrogens (tertiary/aromatic N) is 4. The molecule has 2 aliphatic heterocycles. The molecular formula is C19H26N4O3. The van der Waals surface area contributed by atoms with Gasteiger partial charge in [-0.3, -0.25) is 4.79 Å². The number of amides is 1. The molecule has 7 nitrogen and oxygen atoms in total. The first-order chi connectivity index (χ1) is 12.5. The first kappa shape index (κ1) is 17.4. The van der Waals surface area contributed by atoms with Crippen LogP contribution >= 0.6 is 0 Å². The number of aryl methyl sites for hydroxylation is 1. The van der Waals surface area contributed by atoms with Crippen LogP contribution in [0.5, 0.6) is 0 Å². The van der Waals surface area contributed by atoms with Crippen LogP contribution in [0.1, 0.15) is 48.8 Å². The Bertz CT molecular complexity index is 802. The molecule has 7 heteroatoms. The van der Waals surface area contributed by atoms with Crippen molar-refractivity contribution in [1.29, 1.82) is 0 Å². The van der Waals surface area contributed by atoms with Crippen molar-refractivity contribution in [3.8, 4) is 0 Å². The van der Waals surface area contributed by atoms with Crippen molar-refractivity contribution in [2.45, 2.75) is 45.9 Å². The number of hydrogen-bond donors (Lipinski definition) is 0. The zero-order valence-electron chi connectivity index (χ0n) is 15.6. The SMILES string of the molecule is Cc1nc2c(cnn2C(C)C)cc1C(=O)N1CCC(C2OCCO2)CC1. The van der Waals surface area contributed by atoms with Crippen LogP contribution < -0.4 is 0 Å². The average Bonchev–Trinajstić information content (AvgIpc) is 3.30. The smallest absolute Gasteiger partial charge is 0.255 e. The fourth-order valence-corrected chi connectivity index (χ4v) is 3.85. The number of aromatic nitrogens is 3. The van der Waals surface area contributed by atoms with Gasteiger partial charge in [-0.2, -0.15) is 5.10 Å². The van der Waals surface area contributed by atoms with Gasteiger partial charge >= 0.3 is 0 Å². The third-order valence-electron chi connectivity index (χ3n) is 5.34. The zero-order valence-corrected chi connectivity index (χ0v) is 15.6. The molecule has 2 aromatic heterocycles. The molecule has 2 fully saturated rings. The average molecular weight is 358 g/mol.